The molecule has 0 aliphatic carbocycles. The number of aromatic amines is 1. The lowest BCUT2D eigenvalue weighted by Crippen LogP contribution is -2.28. The molecule has 0 radical (unpaired) electrons. The third-order valence-electron chi connectivity index (χ3n) is 3.30. The minimum absolute atomic E-state index is 0.168. The first-order valence-corrected chi connectivity index (χ1v) is 7.14. The molecule has 0 atom stereocenters. The molecule has 0 bridgehead atoms. The summed E-state index contributed by atoms with van der Waals surface area (Å²) in [6.07, 6.45) is 6.31. The maximum atomic E-state index is 12.0. The van der Waals surface area contributed by atoms with Crippen LogP contribution in [0.25, 0.3) is 10.9 Å². The highest BCUT2D eigenvalue weighted by Gasteiger charge is 2.09. The summed E-state index contributed by atoms with van der Waals surface area (Å²) >= 11 is 0. The SMILES string of the molecule is O=C(CCNC(=O)c1cnccn1)Nc1cccc2[nH]ccc12. The van der Waals surface area contributed by atoms with Crippen molar-refractivity contribution in [3.63, 3.8) is 0 Å². The van der Waals surface area contributed by atoms with Crippen molar-refractivity contribution in [2.45, 2.75) is 6.42 Å². The number of carbonyl (C=O) groups excluding carboxylic acids is 2. The van der Waals surface area contributed by atoms with Crippen LogP contribution in [-0.4, -0.2) is 33.3 Å². The highest BCUT2D eigenvalue weighted by molar-refractivity contribution is 6.01. The van der Waals surface area contributed by atoms with Crippen LogP contribution in [0.1, 0.15) is 16.9 Å². The van der Waals surface area contributed by atoms with Gasteiger partial charge < -0.3 is 15.6 Å². The Morgan fingerprint density at radius 1 is 1.17 bits per heavy atom. The molecule has 0 aliphatic heterocycles. The van der Waals surface area contributed by atoms with Gasteiger partial charge in [0.15, 0.2) is 0 Å². The summed E-state index contributed by atoms with van der Waals surface area (Å²) in [5.41, 5.74) is 1.93. The Morgan fingerprint density at radius 3 is 2.91 bits per heavy atom. The number of nitrogens with one attached hydrogen (secondary N) is 3. The zero-order valence-electron chi connectivity index (χ0n) is 12.2. The second-order valence-corrected chi connectivity index (χ2v) is 4.89. The number of nitrogens with zero attached hydrogens (tertiary/aromatic N) is 2. The van der Waals surface area contributed by atoms with Crippen LogP contribution >= 0.6 is 0 Å². The molecule has 3 rings (SSSR count). The van der Waals surface area contributed by atoms with Gasteiger partial charge in [-0.15, -0.1) is 0 Å². The average molecular weight is 309 g/mol. The fourth-order valence-corrected chi connectivity index (χ4v) is 2.20. The molecule has 2 aromatic heterocycles. The number of rotatable bonds is 5. The predicted octanol–water partition coefficient (Wildman–Crippen LogP) is 1.72. The Hall–Kier alpha value is -3.22. The van der Waals surface area contributed by atoms with Crippen molar-refractivity contribution in [3.8, 4) is 0 Å². The average Bonchev–Trinajstić information content (AvgIpc) is 3.05. The third-order valence-corrected chi connectivity index (χ3v) is 3.30. The normalized spacial score (nSPS) is 10.4. The summed E-state index contributed by atoms with van der Waals surface area (Å²) in [5.74, 6) is -0.517. The topological polar surface area (TPSA) is 99.8 Å². The van der Waals surface area contributed by atoms with E-state index < -0.39 is 0 Å². The lowest BCUT2D eigenvalue weighted by molar-refractivity contribution is -0.116. The Labute approximate surface area is 132 Å². The van der Waals surface area contributed by atoms with E-state index in [2.05, 4.69) is 25.6 Å². The maximum Gasteiger partial charge on any atom is 0.271 e. The van der Waals surface area contributed by atoms with E-state index in [0.29, 0.717) is 0 Å². The van der Waals surface area contributed by atoms with E-state index in [1.54, 1.807) is 0 Å². The third kappa shape index (κ3) is 3.52. The number of carbonyl (C=O) groups is 2. The lowest BCUT2D eigenvalue weighted by Gasteiger charge is -2.07. The molecule has 0 saturated carbocycles. The van der Waals surface area contributed by atoms with Crippen LogP contribution in [0, 0.1) is 0 Å². The molecular formula is C16H15N5O2. The van der Waals surface area contributed by atoms with E-state index in [-0.39, 0.29) is 30.5 Å². The van der Waals surface area contributed by atoms with Gasteiger partial charge in [0, 0.05) is 42.5 Å². The van der Waals surface area contributed by atoms with E-state index in [9.17, 15) is 9.59 Å². The van der Waals surface area contributed by atoms with Crippen LogP contribution in [0.5, 0.6) is 0 Å². The van der Waals surface area contributed by atoms with Crippen molar-refractivity contribution in [3.05, 3.63) is 54.7 Å². The number of hydrogen-bond donors (Lipinski definition) is 3. The van der Waals surface area contributed by atoms with E-state index in [1.165, 1.54) is 18.6 Å². The summed E-state index contributed by atoms with van der Waals surface area (Å²) in [7, 11) is 0. The van der Waals surface area contributed by atoms with Gasteiger partial charge in [-0.2, -0.15) is 0 Å². The molecule has 23 heavy (non-hydrogen) atoms. The second-order valence-electron chi connectivity index (χ2n) is 4.89. The summed E-state index contributed by atoms with van der Waals surface area (Å²) < 4.78 is 0. The Balaban J connectivity index is 1.52. The molecule has 3 N–H and O–H groups in total. The fourth-order valence-electron chi connectivity index (χ4n) is 2.20. The number of H-pyrrole nitrogens is 1. The van der Waals surface area contributed by atoms with Crippen LogP contribution < -0.4 is 10.6 Å². The summed E-state index contributed by atoms with van der Waals surface area (Å²) in [5, 5.41) is 6.43. The first-order valence-electron chi connectivity index (χ1n) is 7.14. The van der Waals surface area contributed by atoms with Crippen LogP contribution in [0.3, 0.4) is 0 Å². The van der Waals surface area contributed by atoms with E-state index in [4.69, 9.17) is 0 Å². The molecule has 0 saturated heterocycles. The van der Waals surface area contributed by atoms with Gasteiger partial charge in [0.05, 0.1) is 11.9 Å². The van der Waals surface area contributed by atoms with Crippen LogP contribution in [0.4, 0.5) is 5.69 Å². The highest BCUT2D eigenvalue weighted by atomic mass is 16.2. The molecule has 7 heteroatoms. The quantitative estimate of drug-likeness (QED) is 0.668. The smallest absolute Gasteiger partial charge is 0.271 e. The monoisotopic (exact) mass is 309 g/mol. The fraction of sp³-hybridized carbons (Fsp3) is 0.125. The Bertz CT molecular complexity index is 829. The molecule has 3 aromatic rings. The Kier molecular flexibility index (Phi) is 4.28. The summed E-state index contributed by atoms with van der Waals surface area (Å²) in [6.45, 7) is 0.227. The van der Waals surface area contributed by atoms with Gasteiger partial charge >= 0.3 is 0 Å². The number of anilines is 1. The van der Waals surface area contributed by atoms with Gasteiger partial charge in [0.25, 0.3) is 5.91 Å². The van der Waals surface area contributed by atoms with Crippen molar-refractivity contribution < 1.29 is 9.59 Å². The zero-order chi connectivity index (χ0) is 16.1. The van der Waals surface area contributed by atoms with Gasteiger partial charge in [-0.1, -0.05) is 6.07 Å². The van der Waals surface area contributed by atoms with E-state index in [1.807, 2.05) is 30.5 Å². The largest absolute Gasteiger partial charge is 0.361 e. The molecule has 0 unspecified atom stereocenters. The molecule has 0 spiro atoms. The van der Waals surface area contributed by atoms with Crippen LogP contribution in [0.15, 0.2) is 49.1 Å². The van der Waals surface area contributed by atoms with Crippen molar-refractivity contribution in [1.82, 2.24) is 20.3 Å². The standard InChI is InChI=1S/C16H15N5O2/c22-15(5-7-20-16(23)14-10-17-8-9-19-14)21-13-3-1-2-12-11(13)4-6-18-12/h1-4,6,8-10,18H,5,7H2,(H,20,23)(H,21,22). The lowest BCUT2D eigenvalue weighted by atomic mass is 10.2. The van der Waals surface area contributed by atoms with Crippen LogP contribution in [0.2, 0.25) is 0 Å². The van der Waals surface area contributed by atoms with Crippen LogP contribution in [-0.2, 0) is 4.79 Å². The minimum Gasteiger partial charge on any atom is -0.361 e. The minimum atomic E-state index is -0.348. The van der Waals surface area contributed by atoms with Gasteiger partial charge in [-0.3, -0.25) is 14.6 Å². The van der Waals surface area contributed by atoms with E-state index in [0.717, 1.165) is 16.6 Å². The van der Waals surface area contributed by atoms with Gasteiger partial charge in [-0.05, 0) is 18.2 Å². The Morgan fingerprint density at radius 2 is 2.09 bits per heavy atom. The molecule has 7 nitrogen and oxygen atoms in total. The molecule has 116 valence electrons. The van der Waals surface area contributed by atoms with Gasteiger partial charge in [0.1, 0.15) is 5.69 Å². The molecule has 0 fully saturated rings. The summed E-state index contributed by atoms with van der Waals surface area (Å²) in [6, 6.07) is 7.55. The predicted molar refractivity (Wildman–Crippen MR) is 85.9 cm³/mol. The van der Waals surface area contributed by atoms with Gasteiger partial charge in [0.2, 0.25) is 5.91 Å². The first kappa shape index (κ1) is 14.7. The molecular weight excluding hydrogens is 294 g/mol. The number of benzene rings is 1. The first-order chi connectivity index (χ1) is 11.2. The van der Waals surface area contributed by atoms with Crippen molar-refractivity contribution in [2.75, 3.05) is 11.9 Å². The molecule has 2 heterocycles. The molecule has 2 amide bonds. The number of amides is 2. The van der Waals surface area contributed by atoms with Crippen molar-refractivity contribution in [2.24, 2.45) is 0 Å². The molecule has 1 aromatic carbocycles. The van der Waals surface area contributed by atoms with Crippen molar-refractivity contribution in [1.29, 1.82) is 0 Å². The zero-order valence-corrected chi connectivity index (χ0v) is 12.2. The van der Waals surface area contributed by atoms with Crippen molar-refractivity contribution >= 4 is 28.4 Å². The molecule has 0 aliphatic rings. The number of fused-ring (bicyclic) bond motifs is 1. The number of aromatic nitrogens is 3. The number of hydrogen-bond acceptors (Lipinski definition) is 4. The maximum absolute atomic E-state index is 12.0. The highest BCUT2D eigenvalue weighted by Crippen LogP contribution is 2.22. The summed E-state index contributed by atoms with van der Waals surface area (Å²) in [4.78, 5) is 34.6. The van der Waals surface area contributed by atoms with Gasteiger partial charge in [-0.25, -0.2) is 4.98 Å². The van der Waals surface area contributed by atoms with E-state index >= 15 is 0 Å². The second kappa shape index (κ2) is 6.69.